The fourth-order valence-corrected chi connectivity index (χ4v) is 9.94. The van der Waals surface area contributed by atoms with Gasteiger partial charge in [0.2, 0.25) is 0 Å². The zero-order valence-electron chi connectivity index (χ0n) is 32.3. The molecule has 0 nitrogen and oxygen atoms in total. The number of hydrogen-bond donors (Lipinski definition) is 0. The average Bonchev–Trinajstić information content (AvgIpc) is 3.56. The first kappa shape index (κ1) is 34.0. The highest BCUT2D eigenvalue weighted by molar-refractivity contribution is 6.21. The van der Waals surface area contributed by atoms with Gasteiger partial charge in [0.1, 0.15) is 0 Å². The summed E-state index contributed by atoms with van der Waals surface area (Å²) in [5, 5.41) is 5.13. The predicted molar refractivity (Wildman–Crippen MR) is 240 cm³/mol. The van der Waals surface area contributed by atoms with Crippen LogP contribution in [0.3, 0.4) is 0 Å². The monoisotopic (exact) mass is 716 g/mol. The number of fused-ring (bicyclic) bond motifs is 5. The van der Waals surface area contributed by atoms with Crippen LogP contribution in [-0.2, 0) is 5.41 Å². The van der Waals surface area contributed by atoms with Gasteiger partial charge in [0.05, 0.1) is 0 Å². The van der Waals surface area contributed by atoms with Crippen molar-refractivity contribution in [2.45, 2.75) is 32.6 Å². The van der Waals surface area contributed by atoms with Crippen LogP contribution in [0.4, 0.5) is 0 Å². The van der Waals surface area contributed by atoms with E-state index in [-0.39, 0.29) is 5.41 Å². The second kappa shape index (κ2) is 13.7. The molecular weight excluding hydrogens is 673 g/mol. The predicted octanol–water partition coefficient (Wildman–Crippen LogP) is 15.7. The normalized spacial score (nSPS) is 14.6. The molecule has 0 N–H and O–H groups in total. The Morgan fingerprint density at radius 3 is 1.23 bits per heavy atom. The zero-order chi connectivity index (χ0) is 37.8. The molecule has 9 aromatic rings. The van der Waals surface area contributed by atoms with Gasteiger partial charge in [-0.25, -0.2) is 0 Å². The van der Waals surface area contributed by atoms with Crippen LogP contribution in [0.5, 0.6) is 0 Å². The summed E-state index contributed by atoms with van der Waals surface area (Å²) in [5.74, 6) is 0.467. The minimum atomic E-state index is -0.0162. The maximum absolute atomic E-state index is 2.54. The standard InChI is InChI=1S/C56H44/c1-4-56(37(2)3)52-26-16-15-21-46(52)47-32-31-42(36-53(47)56)55-50-24-13-11-22-48(50)54(49-23-12-14-25-51(49)55)41-29-27-40(28-30-41)45-34-43(38-17-7-5-8-18-38)33-44(35-45)39-19-9-6-10-20-39/h5-37H,4H2,1-3H3. The van der Waals surface area contributed by atoms with Gasteiger partial charge in [0, 0.05) is 5.41 Å². The molecule has 0 heterocycles. The third kappa shape index (κ3) is 5.35. The second-order valence-electron chi connectivity index (χ2n) is 15.7. The molecule has 0 heteroatoms. The van der Waals surface area contributed by atoms with Gasteiger partial charge in [0.15, 0.2) is 0 Å². The molecule has 10 rings (SSSR count). The molecule has 0 spiro atoms. The van der Waals surface area contributed by atoms with E-state index in [1.807, 2.05) is 0 Å². The van der Waals surface area contributed by atoms with Crippen molar-refractivity contribution in [2.24, 2.45) is 5.92 Å². The Kier molecular flexibility index (Phi) is 8.30. The van der Waals surface area contributed by atoms with Crippen molar-refractivity contribution >= 4 is 21.5 Å². The molecule has 0 fully saturated rings. The van der Waals surface area contributed by atoms with Gasteiger partial charge in [-0.1, -0.05) is 191 Å². The first-order valence-electron chi connectivity index (χ1n) is 20.1. The molecule has 0 aliphatic heterocycles. The zero-order valence-corrected chi connectivity index (χ0v) is 32.3. The van der Waals surface area contributed by atoms with Crippen LogP contribution >= 0.6 is 0 Å². The Labute approximate surface area is 330 Å². The second-order valence-corrected chi connectivity index (χ2v) is 15.7. The quantitative estimate of drug-likeness (QED) is 0.144. The van der Waals surface area contributed by atoms with Gasteiger partial charge in [-0.05, 0) is 136 Å². The van der Waals surface area contributed by atoms with Gasteiger partial charge in [-0.15, -0.1) is 0 Å². The van der Waals surface area contributed by atoms with E-state index in [2.05, 4.69) is 215 Å². The third-order valence-electron chi connectivity index (χ3n) is 12.6. The van der Waals surface area contributed by atoms with Crippen LogP contribution in [0, 0.1) is 5.92 Å². The van der Waals surface area contributed by atoms with Crippen molar-refractivity contribution in [3.63, 3.8) is 0 Å². The van der Waals surface area contributed by atoms with Crippen LogP contribution in [0.15, 0.2) is 194 Å². The molecule has 1 aliphatic carbocycles. The lowest BCUT2D eigenvalue weighted by molar-refractivity contribution is 0.366. The Morgan fingerprint density at radius 2 is 0.732 bits per heavy atom. The van der Waals surface area contributed by atoms with E-state index in [1.54, 1.807) is 0 Å². The lowest BCUT2D eigenvalue weighted by Crippen LogP contribution is -2.30. The molecule has 0 saturated carbocycles. The minimum Gasteiger partial charge on any atom is -0.0642 e. The summed E-state index contributed by atoms with van der Waals surface area (Å²) in [6.07, 6.45) is 1.07. The number of rotatable bonds is 7. The van der Waals surface area contributed by atoms with E-state index in [0.717, 1.165) is 6.42 Å². The smallest absolute Gasteiger partial charge is 0.0235 e. The molecule has 0 bridgehead atoms. The molecule has 1 aliphatic rings. The summed E-state index contributed by atoms with van der Waals surface area (Å²) >= 11 is 0. The average molecular weight is 717 g/mol. The van der Waals surface area contributed by atoms with Gasteiger partial charge in [-0.3, -0.25) is 0 Å². The van der Waals surface area contributed by atoms with E-state index in [9.17, 15) is 0 Å². The minimum absolute atomic E-state index is 0.0162. The van der Waals surface area contributed by atoms with E-state index in [0.29, 0.717) is 5.92 Å². The lowest BCUT2D eigenvalue weighted by atomic mass is 9.67. The summed E-state index contributed by atoms with van der Waals surface area (Å²) in [5.41, 5.74) is 18.1. The van der Waals surface area contributed by atoms with Crippen LogP contribution in [-0.4, -0.2) is 0 Å². The summed E-state index contributed by atoms with van der Waals surface area (Å²) in [7, 11) is 0. The molecule has 0 radical (unpaired) electrons. The summed E-state index contributed by atoms with van der Waals surface area (Å²) < 4.78 is 0. The van der Waals surface area contributed by atoms with E-state index in [1.165, 1.54) is 99.4 Å². The molecular formula is C56H44. The Bertz CT molecular complexity index is 2780. The summed E-state index contributed by atoms with van der Waals surface area (Å²) in [6, 6.07) is 72.1. The maximum Gasteiger partial charge on any atom is 0.0235 e. The van der Waals surface area contributed by atoms with Crippen molar-refractivity contribution in [1.29, 1.82) is 0 Å². The lowest BCUT2D eigenvalue weighted by Gasteiger charge is -2.35. The summed E-state index contributed by atoms with van der Waals surface area (Å²) in [6.45, 7) is 7.16. The van der Waals surface area contributed by atoms with Gasteiger partial charge < -0.3 is 0 Å². The van der Waals surface area contributed by atoms with Crippen LogP contribution in [0.25, 0.3) is 88.3 Å². The van der Waals surface area contributed by atoms with Crippen molar-refractivity contribution in [3.8, 4) is 66.8 Å². The molecule has 0 saturated heterocycles. The number of benzene rings is 9. The highest BCUT2D eigenvalue weighted by Crippen LogP contribution is 2.56. The van der Waals surface area contributed by atoms with Crippen molar-refractivity contribution < 1.29 is 0 Å². The Morgan fingerprint density at radius 1 is 0.339 bits per heavy atom. The first-order valence-corrected chi connectivity index (χ1v) is 20.1. The topological polar surface area (TPSA) is 0 Å². The molecule has 1 atom stereocenters. The van der Waals surface area contributed by atoms with Gasteiger partial charge in [0.25, 0.3) is 0 Å². The van der Waals surface area contributed by atoms with Crippen LogP contribution in [0.1, 0.15) is 38.3 Å². The Balaban J connectivity index is 1.13. The van der Waals surface area contributed by atoms with Crippen LogP contribution in [0.2, 0.25) is 0 Å². The van der Waals surface area contributed by atoms with Crippen molar-refractivity contribution in [2.75, 3.05) is 0 Å². The van der Waals surface area contributed by atoms with E-state index < -0.39 is 0 Å². The first-order chi connectivity index (χ1) is 27.5. The SMILES string of the molecule is CCC1(C(C)C)c2ccccc2-c2ccc(-c3c4ccccc4c(-c4ccc(-c5cc(-c6ccccc6)cc(-c6ccccc6)c5)cc4)c4ccccc34)cc21. The molecule has 56 heavy (non-hydrogen) atoms. The Hall–Kier alpha value is -6.50. The number of hydrogen-bond acceptors (Lipinski definition) is 0. The molecule has 0 aromatic heterocycles. The third-order valence-corrected chi connectivity index (χ3v) is 12.6. The molecule has 1 unspecified atom stereocenters. The van der Waals surface area contributed by atoms with Gasteiger partial charge >= 0.3 is 0 Å². The van der Waals surface area contributed by atoms with Crippen molar-refractivity contribution in [3.05, 3.63) is 205 Å². The van der Waals surface area contributed by atoms with Gasteiger partial charge in [-0.2, -0.15) is 0 Å². The summed E-state index contributed by atoms with van der Waals surface area (Å²) in [4.78, 5) is 0. The maximum atomic E-state index is 2.54. The highest BCUT2D eigenvalue weighted by atomic mass is 14.5. The largest absolute Gasteiger partial charge is 0.0642 e. The van der Waals surface area contributed by atoms with Crippen LogP contribution < -0.4 is 0 Å². The van der Waals surface area contributed by atoms with Crippen molar-refractivity contribution in [1.82, 2.24) is 0 Å². The fraction of sp³-hybridized carbons (Fsp3) is 0.107. The molecule has 268 valence electrons. The molecule has 9 aromatic carbocycles. The molecule has 0 amide bonds. The van der Waals surface area contributed by atoms with E-state index in [4.69, 9.17) is 0 Å². The highest BCUT2D eigenvalue weighted by Gasteiger charge is 2.44. The van der Waals surface area contributed by atoms with E-state index >= 15 is 0 Å². The fourth-order valence-electron chi connectivity index (χ4n) is 9.94.